The second-order valence-corrected chi connectivity index (χ2v) is 5.52. The Morgan fingerprint density at radius 2 is 1.74 bits per heavy atom. The van der Waals surface area contributed by atoms with Gasteiger partial charge in [0.15, 0.2) is 0 Å². The lowest BCUT2D eigenvalue weighted by atomic mass is 10.1. The first-order chi connectivity index (χ1) is 12.9. The van der Waals surface area contributed by atoms with Crippen LogP contribution in [-0.4, -0.2) is 30.1 Å². The van der Waals surface area contributed by atoms with E-state index < -0.39 is 22.7 Å². The van der Waals surface area contributed by atoms with Crippen LogP contribution >= 0.6 is 0 Å². The minimum absolute atomic E-state index is 0.0417. The molecule has 2 aromatic rings. The lowest BCUT2D eigenvalue weighted by molar-refractivity contribution is -0.384. The Morgan fingerprint density at radius 3 is 2.30 bits per heavy atom. The molecular weight excluding hydrogens is 352 g/mol. The Balaban J connectivity index is 1.88. The van der Waals surface area contributed by atoms with E-state index in [1.165, 1.54) is 44.5 Å². The average molecular weight is 370 g/mol. The lowest BCUT2D eigenvalue weighted by Gasteiger charge is -2.11. The number of benzene rings is 2. The fraction of sp³-hybridized carbons (Fsp3) is 0.167. The molecule has 0 aromatic heterocycles. The van der Waals surface area contributed by atoms with Crippen LogP contribution in [0.25, 0.3) is 0 Å². The molecule has 9 nitrogen and oxygen atoms in total. The Morgan fingerprint density at radius 1 is 1.11 bits per heavy atom. The van der Waals surface area contributed by atoms with Crippen LogP contribution in [0.1, 0.15) is 12.5 Å². The molecule has 0 spiro atoms. The molecule has 2 aromatic carbocycles. The van der Waals surface area contributed by atoms with Gasteiger partial charge in [-0.15, -0.1) is 0 Å². The second-order valence-electron chi connectivity index (χ2n) is 5.52. The maximum Gasteiger partial charge on any atom is 0.269 e. The third-order valence-corrected chi connectivity index (χ3v) is 3.64. The van der Waals surface area contributed by atoms with Crippen LogP contribution in [-0.2, 0) is 9.59 Å². The zero-order valence-corrected chi connectivity index (χ0v) is 14.7. The molecule has 0 heterocycles. The van der Waals surface area contributed by atoms with Crippen LogP contribution in [0.3, 0.4) is 0 Å². The van der Waals surface area contributed by atoms with E-state index in [-0.39, 0.29) is 5.69 Å². The zero-order valence-electron chi connectivity index (χ0n) is 14.7. The topological polar surface area (TPSA) is 123 Å². The van der Waals surface area contributed by atoms with E-state index in [9.17, 15) is 19.7 Å². The quantitative estimate of drug-likeness (QED) is 0.335. The number of nitro benzene ring substituents is 1. The van der Waals surface area contributed by atoms with E-state index in [1.54, 1.807) is 24.3 Å². The third-order valence-electron chi connectivity index (χ3n) is 3.64. The van der Waals surface area contributed by atoms with Crippen molar-refractivity contribution in [2.75, 3.05) is 12.4 Å². The van der Waals surface area contributed by atoms with E-state index in [0.717, 1.165) is 0 Å². The number of methoxy groups -OCH3 is 1. The highest BCUT2D eigenvalue weighted by Gasteiger charge is 2.21. The first-order valence-electron chi connectivity index (χ1n) is 7.93. The van der Waals surface area contributed by atoms with Gasteiger partial charge in [-0.2, -0.15) is 5.10 Å². The van der Waals surface area contributed by atoms with Gasteiger partial charge in [-0.25, -0.2) is 5.43 Å². The Labute approximate surface area is 155 Å². The molecule has 0 radical (unpaired) electrons. The minimum atomic E-state index is -0.971. The SMILES string of the molecule is COc1ccc(NC(=O)C(C)C(=O)NN=Cc2ccc([N+](=O)[O-])cc2)cc1. The summed E-state index contributed by atoms with van der Waals surface area (Å²) in [6.45, 7) is 1.45. The molecule has 0 aliphatic rings. The first-order valence-corrected chi connectivity index (χ1v) is 7.93. The molecule has 0 aliphatic carbocycles. The van der Waals surface area contributed by atoms with Gasteiger partial charge in [0, 0.05) is 17.8 Å². The number of hydrogen-bond donors (Lipinski definition) is 2. The summed E-state index contributed by atoms with van der Waals surface area (Å²) in [5.41, 5.74) is 3.33. The highest BCUT2D eigenvalue weighted by atomic mass is 16.6. The van der Waals surface area contributed by atoms with Crippen molar-refractivity contribution in [1.82, 2.24) is 5.43 Å². The van der Waals surface area contributed by atoms with Crippen molar-refractivity contribution in [2.45, 2.75) is 6.92 Å². The highest BCUT2D eigenvalue weighted by molar-refractivity contribution is 6.06. The molecule has 9 heteroatoms. The average Bonchev–Trinajstić information content (AvgIpc) is 2.68. The first kappa shape index (κ1) is 19.6. The highest BCUT2D eigenvalue weighted by Crippen LogP contribution is 2.16. The van der Waals surface area contributed by atoms with Crippen molar-refractivity contribution in [2.24, 2.45) is 11.0 Å². The standard InChI is InChI=1S/C18H18N4O5/c1-12(17(23)20-14-5-9-16(27-2)10-6-14)18(24)21-19-11-13-3-7-15(8-4-13)22(25)26/h3-12H,1-2H3,(H,20,23)(H,21,24). The summed E-state index contributed by atoms with van der Waals surface area (Å²) in [5, 5.41) is 17.0. The molecule has 2 N–H and O–H groups in total. The lowest BCUT2D eigenvalue weighted by Crippen LogP contribution is -2.34. The number of hydrazone groups is 1. The van der Waals surface area contributed by atoms with Crippen molar-refractivity contribution >= 4 is 29.4 Å². The van der Waals surface area contributed by atoms with E-state index >= 15 is 0 Å². The Kier molecular flexibility index (Phi) is 6.59. The van der Waals surface area contributed by atoms with Crippen LogP contribution in [0.5, 0.6) is 5.75 Å². The molecule has 0 bridgehead atoms. The van der Waals surface area contributed by atoms with Crippen LogP contribution in [0.15, 0.2) is 53.6 Å². The molecule has 0 aliphatic heterocycles. The molecule has 0 saturated heterocycles. The number of hydrogen-bond acceptors (Lipinski definition) is 6. The van der Waals surface area contributed by atoms with Crippen molar-refractivity contribution in [3.05, 3.63) is 64.2 Å². The third kappa shape index (κ3) is 5.63. The van der Waals surface area contributed by atoms with E-state index in [1.807, 2.05) is 0 Å². The fourth-order valence-electron chi connectivity index (χ4n) is 1.99. The van der Waals surface area contributed by atoms with Crippen LogP contribution in [0.2, 0.25) is 0 Å². The van der Waals surface area contributed by atoms with Crippen LogP contribution in [0.4, 0.5) is 11.4 Å². The molecule has 2 amide bonds. The number of rotatable bonds is 7. The molecule has 0 saturated carbocycles. The van der Waals surface area contributed by atoms with Crippen molar-refractivity contribution in [3.63, 3.8) is 0 Å². The fourth-order valence-corrected chi connectivity index (χ4v) is 1.99. The maximum atomic E-state index is 12.1. The maximum absolute atomic E-state index is 12.1. The van der Waals surface area contributed by atoms with Gasteiger partial charge in [0.25, 0.3) is 11.6 Å². The van der Waals surface area contributed by atoms with Crippen LogP contribution < -0.4 is 15.5 Å². The summed E-state index contributed by atoms with van der Waals surface area (Å²) in [7, 11) is 1.54. The normalized spacial score (nSPS) is 11.6. The van der Waals surface area contributed by atoms with Gasteiger partial charge in [-0.3, -0.25) is 19.7 Å². The molecular formula is C18H18N4O5. The predicted molar refractivity (Wildman–Crippen MR) is 99.6 cm³/mol. The Bertz CT molecular complexity index is 847. The van der Waals surface area contributed by atoms with Gasteiger partial charge < -0.3 is 10.1 Å². The molecule has 1 unspecified atom stereocenters. The zero-order chi connectivity index (χ0) is 19.8. The van der Waals surface area contributed by atoms with Gasteiger partial charge in [-0.1, -0.05) is 0 Å². The summed E-state index contributed by atoms with van der Waals surface area (Å²) in [6, 6.07) is 12.3. The predicted octanol–water partition coefficient (Wildman–Crippen LogP) is 2.33. The summed E-state index contributed by atoms with van der Waals surface area (Å²) in [6.07, 6.45) is 1.33. The summed E-state index contributed by atoms with van der Waals surface area (Å²) >= 11 is 0. The smallest absolute Gasteiger partial charge is 0.269 e. The monoisotopic (exact) mass is 370 g/mol. The molecule has 27 heavy (non-hydrogen) atoms. The number of nitro groups is 1. The number of nitrogens with zero attached hydrogens (tertiary/aromatic N) is 2. The molecule has 1 atom stereocenters. The van der Waals surface area contributed by atoms with Crippen molar-refractivity contribution < 1.29 is 19.2 Å². The molecule has 2 rings (SSSR count). The number of carbonyl (C=O) groups is 2. The van der Waals surface area contributed by atoms with E-state index in [2.05, 4.69) is 15.8 Å². The minimum Gasteiger partial charge on any atom is -0.497 e. The van der Waals surface area contributed by atoms with Crippen LogP contribution in [0, 0.1) is 16.0 Å². The van der Waals surface area contributed by atoms with Gasteiger partial charge >= 0.3 is 0 Å². The van der Waals surface area contributed by atoms with Gasteiger partial charge in [0.1, 0.15) is 11.7 Å². The van der Waals surface area contributed by atoms with E-state index in [0.29, 0.717) is 17.0 Å². The number of non-ortho nitro benzene ring substituents is 1. The number of nitrogens with one attached hydrogen (secondary N) is 2. The van der Waals surface area contributed by atoms with Crippen molar-refractivity contribution in [3.8, 4) is 5.75 Å². The van der Waals surface area contributed by atoms with Gasteiger partial charge in [0.05, 0.1) is 18.2 Å². The van der Waals surface area contributed by atoms with Gasteiger partial charge in [0.2, 0.25) is 5.91 Å². The summed E-state index contributed by atoms with van der Waals surface area (Å²) in [4.78, 5) is 34.2. The summed E-state index contributed by atoms with van der Waals surface area (Å²) in [5.74, 6) is -1.39. The number of carbonyl (C=O) groups excluding carboxylic acids is 2. The van der Waals surface area contributed by atoms with Crippen molar-refractivity contribution in [1.29, 1.82) is 0 Å². The molecule has 0 fully saturated rings. The largest absolute Gasteiger partial charge is 0.497 e. The number of ether oxygens (including phenoxy) is 1. The van der Waals surface area contributed by atoms with E-state index in [4.69, 9.17) is 4.74 Å². The molecule has 140 valence electrons. The second kappa shape index (κ2) is 9.09. The number of amides is 2. The number of anilines is 1. The van der Waals surface area contributed by atoms with Gasteiger partial charge in [-0.05, 0) is 48.9 Å². The summed E-state index contributed by atoms with van der Waals surface area (Å²) < 4.78 is 5.03. The Hall–Kier alpha value is -3.75.